The van der Waals surface area contributed by atoms with Crippen molar-refractivity contribution in [1.82, 2.24) is 9.36 Å². The van der Waals surface area contributed by atoms with Crippen molar-refractivity contribution in [1.29, 1.82) is 5.26 Å². The molecule has 1 amide bonds. The average molecular weight is 497 g/mol. The third-order valence-corrected chi connectivity index (χ3v) is 5.58. The average Bonchev–Trinajstić information content (AvgIpc) is 3.31. The normalized spacial score (nSPS) is 10.8. The first-order valence-corrected chi connectivity index (χ1v) is 11.9. The summed E-state index contributed by atoms with van der Waals surface area (Å²) in [6.07, 6.45) is 3.23. The highest BCUT2D eigenvalue weighted by atomic mass is 32.2. The van der Waals surface area contributed by atoms with Crippen LogP contribution < -0.4 is 19.5 Å². The van der Waals surface area contributed by atoms with Crippen molar-refractivity contribution in [3.8, 4) is 23.3 Å². The molecule has 0 saturated carbocycles. The lowest BCUT2D eigenvalue weighted by molar-refractivity contribution is -0.112. The minimum Gasteiger partial charge on any atom is -0.497 e. The predicted octanol–water partition coefficient (Wildman–Crippen LogP) is 4.43. The van der Waals surface area contributed by atoms with Gasteiger partial charge >= 0.3 is 5.97 Å². The molecule has 0 spiro atoms. The van der Waals surface area contributed by atoms with Gasteiger partial charge in [-0.1, -0.05) is 17.8 Å². The lowest BCUT2D eigenvalue weighted by Crippen LogP contribution is -2.13. The summed E-state index contributed by atoms with van der Waals surface area (Å²) in [6, 6.07) is 13.1. The van der Waals surface area contributed by atoms with E-state index in [1.165, 1.54) is 24.9 Å². The second-order valence-corrected chi connectivity index (χ2v) is 7.99. The minimum absolute atomic E-state index is 0.133. The number of nitriles is 1. The molecule has 0 fully saturated rings. The van der Waals surface area contributed by atoms with Crippen molar-refractivity contribution in [2.45, 2.75) is 12.1 Å². The number of rotatable bonds is 9. The molecule has 9 nitrogen and oxygen atoms in total. The highest BCUT2D eigenvalue weighted by molar-refractivity contribution is 7.98. The maximum absolute atomic E-state index is 12.5. The van der Waals surface area contributed by atoms with Gasteiger partial charge in [-0.15, -0.1) is 0 Å². The lowest BCUT2D eigenvalue weighted by Gasteiger charge is -2.12. The fraction of sp³-hybridized carbons (Fsp3) is 0.174. The van der Waals surface area contributed by atoms with Crippen molar-refractivity contribution in [2.75, 3.05) is 25.3 Å². The Hall–Kier alpha value is -3.88. The van der Waals surface area contributed by atoms with E-state index >= 15 is 0 Å². The molecule has 174 valence electrons. The number of hydrogen-bond donors (Lipinski definition) is 1. The Morgan fingerprint density at radius 3 is 2.59 bits per heavy atom. The number of esters is 1. The standard InChI is InChI=1S/C23H20N4O5S2/c1-4-31-19-12-14(11-16(13-24)20(28)25-22-26-23(33-3)27-34-22)5-10-18(19)32-21(29)15-6-8-17(30-2)9-7-15/h5-12H,4H2,1-3H3,(H,25,26,27,28)/b16-11-. The van der Waals surface area contributed by atoms with Gasteiger partial charge in [-0.3, -0.25) is 10.1 Å². The van der Waals surface area contributed by atoms with Crippen molar-refractivity contribution in [3.05, 3.63) is 59.2 Å². The fourth-order valence-electron chi connectivity index (χ4n) is 2.68. The Morgan fingerprint density at radius 1 is 1.21 bits per heavy atom. The second kappa shape index (κ2) is 11.8. The van der Waals surface area contributed by atoms with Crippen molar-refractivity contribution >= 4 is 46.4 Å². The van der Waals surface area contributed by atoms with Crippen molar-refractivity contribution in [2.24, 2.45) is 0 Å². The number of carbonyl (C=O) groups excluding carboxylic acids is 2. The van der Waals surface area contributed by atoms with Gasteiger partial charge < -0.3 is 14.2 Å². The molecule has 0 radical (unpaired) electrons. The number of benzene rings is 2. The molecular weight excluding hydrogens is 476 g/mol. The van der Waals surface area contributed by atoms with Gasteiger partial charge in [0.05, 0.1) is 19.3 Å². The number of ether oxygens (including phenoxy) is 3. The molecule has 2 aromatic carbocycles. The number of nitrogens with zero attached hydrogens (tertiary/aromatic N) is 3. The van der Waals surface area contributed by atoms with Crippen LogP contribution in [-0.2, 0) is 4.79 Å². The molecule has 0 atom stereocenters. The van der Waals surface area contributed by atoms with Gasteiger partial charge in [-0.25, -0.2) is 4.79 Å². The zero-order chi connectivity index (χ0) is 24.5. The van der Waals surface area contributed by atoms with E-state index in [0.29, 0.717) is 39.5 Å². The molecule has 1 heterocycles. The summed E-state index contributed by atoms with van der Waals surface area (Å²) in [5.74, 6) is -0.0495. The summed E-state index contributed by atoms with van der Waals surface area (Å²) < 4.78 is 20.3. The van der Waals surface area contributed by atoms with Gasteiger partial charge in [-0.2, -0.15) is 14.6 Å². The quantitative estimate of drug-likeness (QED) is 0.151. The van der Waals surface area contributed by atoms with E-state index in [9.17, 15) is 14.9 Å². The van der Waals surface area contributed by atoms with Gasteiger partial charge in [0.15, 0.2) is 11.5 Å². The first-order chi connectivity index (χ1) is 16.5. The number of thioether (sulfide) groups is 1. The third-order valence-electron chi connectivity index (χ3n) is 4.28. The Morgan fingerprint density at radius 2 is 1.97 bits per heavy atom. The summed E-state index contributed by atoms with van der Waals surface area (Å²) in [7, 11) is 1.54. The molecular formula is C23H20N4O5S2. The van der Waals surface area contributed by atoms with E-state index in [1.807, 2.05) is 12.3 Å². The predicted molar refractivity (Wildman–Crippen MR) is 129 cm³/mol. The van der Waals surface area contributed by atoms with Gasteiger partial charge in [0, 0.05) is 11.5 Å². The summed E-state index contributed by atoms with van der Waals surface area (Å²) in [6.45, 7) is 2.11. The maximum Gasteiger partial charge on any atom is 0.343 e. The fourth-order valence-corrected chi connectivity index (χ4v) is 3.80. The summed E-state index contributed by atoms with van der Waals surface area (Å²) in [5, 5.41) is 12.9. The highest BCUT2D eigenvalue weighted by Crippen LogP contribution is 2.30. The smallest absolute Gasteiger partial charge is 0.343 e. The zero-order valence-corrected chi connectivity index (χ0v) is 20.2. The number of nitrogens with one attached hydrogen (secondary N) is 1. The third kappa shape index (κ3) is 6.34. The molecule has 3 aromatic rings. The minimum atomic E-state index is -0.612. The second-order valence-electron chi connectivity index (χ2n) is 6.47. The van der Waals surface area contributed by atoms with Crippen LogP contribution in [0.5, 0.6) is 17.2 Å². The van der Waals surface area contributed by atoms with Crippen molar-refractivity contribution in [3.63, 3.8) is 0 Å². The van der Waals surface area contributed by atoms with Crippen LogP contribution in [0.1, 0.15) is 22.8 Å². The van der Waals surface area contributed by atoms with Gasteiger partial charge in [0.2, 0.25) is 10.3 Å². The number of anilines is 1. The van der Waals surface area contributed by atoms with Crippen LogP contribution in [0.15, 0.2) is 53.2 Å². The zero-order valence-electron chi connectivity index (χ0n) is 18.5. The van der Waals surface area contributed by atoms with E-state index in [4.69, 9.17) is 14.2 Å². The Bertz CT molecular complexity index is 1250. The topological polar surface area (TPSA) is 123 Å². The number of aromatic nitrogens is 2. The SMILES string of the molecule is CCOc1cc(/C=C(/C#N)C(=O)Nc2nc(SC)ns2)ccc1OC(=O)c1ccc(OC)cc1. The highest BCUT2D eigenvalue weighted by Gasteiger charge is 2.16. The molecule has 1 aromatic heterocycles. The Balaban J connectivity index is 1.79. The summed E-state index contributed by atoms with van der Waals surface area (Å²) in [4.78, 5) is 29.2. The lowest BCUT2D eigenvalue weighted by atomic mass is 10.1. The summed E-state index contributed by atoms with van der Waals surface area (Å²) in [5.41, 5.74) is 0.727. The molecule has 0 aliphatic carbocycles. The molecule has 0 aliphatic rings. The molecule has 34 heavy (non-hydrogen) atoms. The molecule has 0 unspecified atom stereocenters. The summed E-state index contributed by atoms with van der Waals surface area (Å²) >= 11 is 2.37. The van der Waals surface area contributed by atoms with Gasteiger partial charge in [0.1, 0.15) is 17.4 Å². The van der Waals surface area contributed by atoms with Crippen molar-refractivity contribution < 1.29 is 23.8 Å². The van der Waals surface area contributed by atoms with Crippen LogP contribution in [0.3, 0.4) is 0 Å². The number of hydrogen-bond acceptors (Lipinski definition) is 10. The molecule has 0 saturated heterocycles. The van der Waals surface area contributed by atoms with Gasteiger partial charge in [0.25, 0.3) is 5.91 Å². The van der Waals surface area contributed by atoms with Crippen LogP contribution in [0.2, 0.25) is 0 Å². The monoisotopic (exact) mass is 496 g/mol. The first-order valence-electron chi connectivity index (χ1n) is 9.91. The van der Waals surface area contributed by atoms with E-state index in [0.717, 1.165) is 11.5 Å². The van der Waals surface area contributed by atoms with Crippen LogP contribution in [0.4, 0.5) is 5.13 Å². The Labute approximate surface area is 204 Å². The van der Waals surface area contributed by atoms with Crippen LogP contribution in [0.25, 0.3) is 6.08 Å². The molecule has 0 aliphatic heterocycles. The molecule has 1 N–H and O–H groups in total. The number of methoxy groups -OCH3 is 1. The number of carbonyl (C=O) groups is 2. The van der Waals surface area contributed by atoms with E-state index in [1.54, 1.807) is 49.4 Å². The van der Waals surface area contributed by atoms with E-state index in [-0.39, 0.29) is 11.3 Å². The first kappa shape index (κ1) is 24.8. The molecule has 3 rings (SSSR count). The van der Waals surface area contributed by atoms with E-state index in [2.05, 4.69) is 14.7 Å². The van der Waals surface area contributed by atoms with Crippen LogP contribution >= 0.6 is 23.3 Å². The van der Waals surface area contributed by atoms with Crippen LogP contribution in [-0.4, -0.2) is 41.2 Å². The molecule has 11 heteroatoms. The van der Waals surface area contributed by atoms with Gasteiger partial charge in [-0.05, 0) is 61.2 Å². The largest absolute Gasteiger partial charge is 0.497 e. The maximum atomic E-state index is 12.5. The molecule has 0 bridgehead atoms. The Kier molecular flexibility index (Phi) is 8.61. The van der Waals surface area contributed by atoms with E-state index < -0.39 is 11.9 Å². The number of amides is 1. The van der Waals surface area contributed by atoms with Crippen LogP contribution in [0, 0.1) is 11.3 Å².